The Bertz CT molecular complexity index is 438. The van der Waals surface area contributed by atoms with Crippen molar-refractivity contribution in [1.82, 2.24) is 10.6 Å². The normalized spacial score (nSPS) is 12.3. The first-order valence-electron chi connectivity index (χ1n) is 7.08. The predicted molar refractivity (Wildman–Crippen MR) is 79.2 cm³/mol. The lowest BCUT2D eigenvalue weighted by molar-refractivity contribution is -0.137. The van der Waals surface area contributed by atoms with Crippen molar-refractivity contribution in [3.05, 3.63) is 35.4 Å². The molecule has 1 rings (SSSR count). The average molecular weight is 301 g/mol. The number of benzene rings is 1. The van der Waals surface area contributed by atoms with Crippen molar-refractivity contribution in [2.45, 2.75) is 38.9 Å². The van der Waals surface area contributed by atoms with Crippen LogP contribution in [0.2, 0.25) is 0 Å². The van der Waals surface area contributed by atoms with Crippen LogP contribution in [0.1, 0.15) is 37.3 Å². The molecule has 0 aliphatic heterocycles. The van der Waals surface area contributed by atoms with Gasteiger partial charge in [0, 0.05) is 20.1 Å². The lowest BCUT2D eigenvalue weighted by Crippen LogP contribution is -2.37. The van der Waals surface area contributed by atoms with Crippen LogP contribution in [0.4, 0.5) is 13.2 Å². The van der Waals surface area contributed by atoms with Gasteiger partial charge in [-0.1, -0.05) is 31.9 Å². The third-order valence-corrected chi connectivity index (χ3v) is 3.04. The van der Waals surface area contributed by atoms with Gasteiger partial charge < -0.3 is 10.6 Å². The molecule has 0 amide bonds. The molecule has 1 aromatic rings. The number of alkyl halides is 3. The summed E-state index contributed by atoms with van der Waals surface area (Å²) >= 11 is 0. The summed E-state index contributed by atoms with van der Waals surface area (Å²) in [5, 5.41) is 6.25. The lowest BCUT2D eigenvalue weighted by Gasteiger charge is -2.12. The van der Waals surface area contributed by atoms with Crippen molar-refractivity contribution in [3.8, 4) is 0 Å². The molecule has 118 valence electrons. The van der Waals surface area contributed by atoms with E-state index in [4.69, 9.17) is 0 Å². The molecule has 1 aromatic carbocycles. The Morgan fingerprint density at radius 3 is 2.29 bits per heavy atom. The van der Waals surface area contributed by atoms with Gasteiger partial charge in [0.25, 0.3) is 0 Å². The van der Waals surface area contributed by atoms with Crippen molar-refractivity contribution in [2.75, 3.05) is 13.6 Å². The van der Waals surface area contributed by atoms with Gasteiger partial charge in [-0.25, -0.2) is 0 Å². The lowest BCUT2D eigenvalue weighted by atomic mass is 10.1. The number of guanidine groups is 1. The van der Waals surface area contributed by atoms with E-state index < -0.39 is 11.7 Å². The first kappa shape index (κ1) is 17.3. The smallest absolute Gasteiger partial charge is 0.356 e. The topological polar surface area (TPSA) is 36.4 Å². The number of rotatable bonds is 6. The highest BCUT2D eigenvalue weighted by Gasteiger charge is 2.29. The van der Waals surface area contributed by atoms with Crippen molar-refractivity contribution in [2.24, 2.45) is 4.99 Å². The molecule has 2 N–H and O–H groups in total. The third-order valence-electron chi connectivity index (χ3n) is 3.04. The van der Waals surface area contributed by atoms with Crippen molar-refractivity contribution in [1.29, 1.82) is 0 Å². The maximum absolute atomic E-state index is 12.4. The first-order chi connectivity index (χ1) is 9.97. The van der Waals surface area contributed by atoms with Gasteiger partial charge in [-0.3, -0.25) is 4.99 Å². The van der Waals surface area contributed by atoms with E-state index in [1.54, 1.807) is 7.05 Å². The van der Waals surface area contributed by atoms with Crippen LogP contribution < -0.4 is 10.6 Å². The largest absolute Gasteiger partial charge is 0.416 e. The molecule has 6 heteroatoms. The molecule has 0 radical (unpaired) electrons. The Labute approximate surface area is 123 Å². The van der Waals surface area contributed by atoms with Crippen molar-refractivity contribution < 1.29 is 13.2 Å². The Morgan fingerprint density at radius 2 is 1.76 bits per heavy atom. The minimum absolute atomic E-state index is 0.436. The second kappa shape index (κ2) is 8.54. The molecule has 0 aliphatic carbocycles. The number of unbranched alkanes of at least 4 members (excludes halogenated alkanes) is 2. The Kier molecular flexibility index (Phi) is 7.05. The fourth-order valence-electron chi connectivity index (χ4n) is 1.80. The Morgan fingerprint density at radius 1 is 1.10 bits per heavy atom. The summed E-state index contributed by atoms with van der Waals surface area (Å²) in [7, 11) is 1.67. The summed E-state index contributed by atoms with van der Waals surface area (Å²) < 4.78 is 37.3. The van der Waals surface area contributed by atoms with Crippen LogP contribution in [0, 0.1) is 0 Å². The Balaban J connectivity index is 2.43. The zero-order valence-corrected chi connectivity index (χ0v) is 12.4. The minimum atomic E-state index is -4.29. The molecule has 0 saturated heterocycles. The van der Waals surface area contributed by atoms with E-state index in [1.807, 2.05) is 0 Å². The second-order valence-corrected chi connectivity index (χ2v) is 4.75. The van der Waals surface area contributed by atoms with Gasteiger partial charge in [0.1, 0.15) is 0 Å². The molecule has 0 saturated carbocycles. The van der Waals surface area contributed by atoms with Gasteiger partial charge in [0.05, 0.1) is 5.56 Å². The summed E-state index contributed by atoms with van der Waals surface area (Å²) in [5.74, 6) is 0.658. The monoisotopic (exact) mass is 301 g/mol. The van der Waals surface area contributed by atoms with Crippen LogP contribution in [0.3, 0.4) is 0 Å². The molecule has 0 unspecified atom stereocenters. The van der Waals surface area contributed by atoms with Crippen LogP contribution in [0.25, 0.3) is 0 Å². The molecular weight excluding hydrogens is 279 g/mol. The van der Waals surface area contributed by atoms with E-state index in [-0.39, 0.29) is 0 Å². The summed E-state index contributed by atoms with van der Waals surface area (Å²) in [4.78, 5) is 4.07. The number of aliphatic imine (C=N–C) groups is 1. The molecule has 0 aliphatic rings. The highest BCUT2D eigenvalue weighted by Crippen LogP contribution is 2.28. The van der Waals surface area contributed by atoms with Crippen LogP contribution in [0.15, 0.2) is 29.3 Å². The van der Waals surface area contributed by atoms with Gasteiger partial charge in [0.15, 0.2) is 5.96 Å². The van der Waals surface area contributed by atoms with Gasteiger partial charge >= 0.3 is 6.18 Å². The number of nitrogens with one attached hydrogen (secondary N) is 2. The highest BCUT2D eigenvalue weighted by atomic mass is 19.4. The molecule has 0 bridgehead atoms. The van der Waals surface area contributed by atoms with Crippen LogP contribution >= 0.6 is 0 Å². The Hall–Kier alpha value is -1.72. The maximum Gasteiger partial charge on any atom is 0.416 e. The van der Waals surface area contributed by atoms with Crippen LogP contribution in [-0.2, 0) is 12.7 Å². The molecule has 0 atom stereocenters. The van der Waals surface area contributed by atoms with Gasteiger partial charge in [-0.2, -0.15) is 13.2 Å². The zero-order valence-electron chi connectivity index (χ0n) is 12.4. The third kappa shape index (κ3) is 6.51. The number of nitrogens with zero attached hydrogens (tertiary/aromatic N) is 1. The van der Waals surface area contributed by atoms with Gasteiger partial charge in [-0.15, -0.1) is 0 Å². The van der Waals surface area contributed by atoms with Crippen LogP contribution in [0.5, 0.6) is 0 Å². The summed E-state index contributed by atoms with van der Waals surface area (Å²) in [5.41, 5.74) is 0.146. The fourth-order valence-corrected chi connectivity index (χ4v) is 1.80. The standard InChI is InChI=1S/C15H22F3N3/c1-3-4-5-10-20-14(19-2)21-11-12-6-8-13(9-7-12)15(16,17)18/h6-9H,3-5,10-11H2,1-2H3,(H2,19,20,21). The molecule has 21 heavy (non-hydrogen) atoms. The second-order valence-electron chi connectivity index (χ2n) is 4.75. The SMILES string of the molecule is CCCCCNC(=NC)NCc1ccc(C(F)(F)F)cc1. The van der Waals surface area contributed by atoms with Crippen molar-refractivity contribution in [3.63, 3.8) is 0 Å². The zero-order chi connectivity index (χ0) is 15.7. The molecule has 0 aromatic heterocycles. The van der Waals surface area contributed by atoms with E-state index in [1.165, 1.54) is 12.1 Å². The number of hydrogen-bond acceptors (Lipinski definition) is 1. The van der Waals surface area contributed by atoms with E-state index in [0.29, 0.717) is 12.5 Å². The highest BCUT2D eigenvalue weighted by molar-refractivity contribution is 5.79. The van der Waals surface area contributed by atoms with E-state index in [2.05, 4.69) is 22.5 Å². The van der Waals surface area contributed by atoms with E-state index in [0.717, 1.165) is 43.5 Å². The number of halogens is 3. The first-order valence-corrected chi connectivity index (χ1v) is 7.08. The molecule has 3 nitrogen and oxygen atoms in total. The van der Waals surface area contributed by atoms with E-state index >= 15 is 0 Å². The summed E-state index contributed by atoms with van der Waals surface area (Å²) in [6.45, 7) is 3.41. The molecule has 0 fully saturated rings. The van der Waals surface area contributed by atoms with E-state index in [9.17, 15) is 13.2 Å². The average Bonchev–Trinajstić information content (AvgIpc) is 2.46. The number of hydrogen-bond donors (Lipinski definition) is 2. The quantitative estimate of drug-likeness (QED) is 0.479. The van der Waals surface area contributed by atoms with Crippen molar-refractivity contribution >= 4 is 5.96 Å². The summed E-state index contributed by atoms with van der Waals surface area (Å²) in [6.07, 6.45) is -0.914. The van der Waals surface area contributed by atoms with Gasteiger partial charge in [-0.05, 0) is 24.1 Å². The summed E-state index contributed by atoms with van der Waals surface area (Å²) in [6, 6.07) is 5.13. The van der Waals surface area contributed by atoms with Crippen LogP contribution in [-0.4, -0.2) is 19.6 Å². The van der Waals surface area contributed by atoms with Gasteiger partial charge in [0.2, 0.25) is 0 Å². The predicted octanol–water partition coefficient (Wildman–Crippen LogP) is 3.56. The minimum Gasteiger partial charge on any atom is -0.356 e. The molecule has 0 spiro atoms. The maximum atomic E-state index is 12.4. The molecular formula is C15H22F3N3. The fraction of sp³-hybridized carbons (Fsp3) is 0.533. The molecule has 0 heterocycles.